The second-order valence-corrected chi connectivity index (χ2v) is 5.87. The molecule has 134 valence electrons. The summed E-state index contributed by atoms with van der Waals surface area (Å²) in [5.41, 5.74) is 1.02. The number of benzene rings is 1. The summed E-state index contributed by atoms with van der Waals surface area (Å²) in [6.07, 6.45) is 0.173. The largest absolute Gasteiger partial charge is 0.508 e. The number of aromatic hydroxyl groups is 1. The molecule has 0 saturated heterocycles. The first-order valence-electron chi connectivity index (χ1n) is 7.76. The number of furan rings is 1. The van der Waals surface area contributed by atoms with Crippen LogP contribution in [0.4, 0.5) is 4.79 Å². The Hall–Kier alpha value is -3.03. The molecule has 1 aromatic heterocycles. The zero-order valence-corrected chi connectivity index (χ0v) is 14.2. The van der Waals surface area contributed by atoms with E-state index in [0.717, 1.165) is 0 Å². The topological polar surface area (TPSA) is 118 Å². The molecular formula is C17H20N2O6. The molecule has 2 aromatic rings. The van der Waals surface area contributed by atoms with E-state index >= 15 is 0 Å². The van der Waals surface area contributed by atoms with Crippen LogP contribution >= 0.6 is 0 Å². The summed E-state index contributed by atoms with van der Waals surface area (Å²) in [6.45, 7) is 4.88. The highest BCUT2D eigenvalue weighted by Crippen LogP contribution is 2.25. The van der Waals surface area contributed by atoms with E-state index in [9.17, 15) is 19.5 Å². The number of imide groups is 1. The van der Waals surface area contributed by atoms with Gasteiger partial charge in [-0.25, -0.2) is 4.79 Å². The van der Waals surface area contributed by atoms with Crippen LogP contribution in [0.1, 0.15) is 26.3 Å². The van der Waals surface area contributed by atoms with E-state index in [4.69, 9.17) is 9.15 Å². The molecule has 8 heteroatoms. The lowest BCUT2D eigenvalue weighted by atomic mass is 10.1. The van der Waals surface area contributed by atoms with Gasteiger partial charge in [0.1, 0.15) is 11.3 Å². The van der Waals surface area contributed by atoms with Crippen LogP contribution in [0.15, 0.2) is 28.9 Å². The van der Waals surface area contributed by atoms with Crippen LogP contribution in [0.5, 0.6) is 5.75 Å². The molecule has 2 rings (SSSR count). The molecule has 0 aliphatic rings. The Balaban J connectivity index is 1.92. The molecule has 8 nitrogen and oxygen atoms in total. The third-order valence-corrected chi connectivity index (χ3v) is 3.31. The molecule has 0 aliphatic carbocycles. The number of phenols is 1. The van der Waals surface area contributed by atoms with Crippen LogP contribution in [0.3, 0.4) is 0 Å². The molecule has 3 amide bonds. The smallest absolute Gasteiger partial charge is 0.321 e. The van der Waals surface area contributed by atoms with Crippen molar-refractivity contribution in [2.24, 2.45) is 0 Å². The van der Waals surface area contributed by atoms with Crippen LogP contribution in [0, 0.1) is 0 Å². The summed E-state index contributed by atoms with van der Waals surface area (Å²) in [6, 6.07) is 3.77. The van der Waals surface area contributed by atoms with Gasteiger partial charge in [0.05, 0.1) is 12.7 Å². The highest BCUT2D eigenvalue weighted by molar-refractivity contribution is 5.97. The second-order valence-electron chi connectivity index (χ2n) is 5.87. The monoisotopic (exact) mass is 348 g/mol. The van der Waals surface area contributed by atoms with Gasteiger partial charge in [-0.1, -0.05) is 0 Å². The first-order valence-corrected chi connectivity index (χ1v) is 7.76. The van der Waals surface area contributed by atoms with Gasteiger partial charge in [-0.3, -0.25) is 14.9 Å². The summed E-state index contributed by atoms with van der Waals surface area (Å²) in [4.78, 5) is 35.3. The Labute approximate surface area is 144 Å². The van der Waals surface area contributed by atoms with Crippen LogP contribution in [0.25, 0.3) is 11.0 Å². The number of ether oxygens (including phenoxy) is 1. The zero-order chi connectivity index (χ0) is 18.6. The van der Waals surface area contributed by atoms with E-state index < -0.39 is 24.0 Å². The average Bonchev–Trinajstić information content (AvgIpc) is 2.88. The Kier molecular flexibility index (Phi) is 5.63. The summed E-state index contributed by atoms with van der Waals surface area (Å²) in [7, 11) is 0. The van der Waals surface area contributed by atoms with Gasteiger partial charge in [0, 0.05) is 23.1 Å². The SMILES string of the molecule is CC(C)NC(=O)NC(=O)[C@H](C)OC(=O)Cc1coc2cc(O)ccc12. The molecule has 1 aromatic carbocycles. The van der Waals surface area contributed by atoms with Gasteiger partial charge in [-0.05, 0) is 32.9 Å². The average molecular weight is 348 g/mol. The number of amides is 3. The molecule has 0 fully saturated rings. The van der Waals surface area contributed by atoms with Gasteiger partial charge >= 0.3 is 12.0 Å². The third kappa shape index (κ3) is 4.97. The van der Waals surface area contributed by atoms with E-state index in [1.54, 1.807) is 19.9 Å². The van der Waals surface area contributed by atoms with Gasteiger partial charge in [-0.15, -0.1) is 0 Å². The molecule has 0 radical (unpaired) electrons. The Morgan fingerprint density at radius 1 is 1.24 bits per heavy atom. The lowest BCUT2D eigenvalue weighted by Crippen LogP contribution is -2.46. The van der Waals surface area contributed by atoms with Gasteiger partial charge in [0.2, 0.25) is 0 Å². The second kappa shape index (κ2) is 7.69. The molecule has 25 heavy (non-hydrogen) atoms. The summed E-state index contributed by atoms with van der Waals surface area (Å²) < 4.78 is 10.3. The molecule has 0 unspecified atom stereocenters. The van der Waals surface area contributed by atoms with Crippen molar-refractivity contribution in [2.75, 3.05) is 0 Å². The molecular weight excluding hydrogens is 328 g/mol. The minimum atomic E-state index is -1.12. The van der Waals surface area contributed by atoms with Crippen molar-refractivity contribution in [3.05, 3.63) is 30.0 Å². The van der Waals surface area contributed by atoms with Crippen LogP contribution < -0.4 is 10.6 Å². The maximum atomic E-state index is 12.0. The fraction of sp³-hybridized carbons (Fsp3) is 0.353. The number of nitrogens with one attached hydrogen (secondary N) is 2. The quantitative estimate of drug-likeness (QED) is 0.710. The molecule has 0 saturated carbocycles. The first-order chi connectivity index (χ1) is 11.8. The van der Waals surface area contributed by atoms with E-state index in [1.165, 1.54) is 25.3 Å². The molecule has 3 N–H and O–H groups in total. The number of carbonyl (C=O) groups excluding carboxylic acids is 3. The van der Waals surface area contributed by atoms with Gasteiger partial charge in [-0.2, -0.15) is 0 Å². The highest BCUT2D eigenvalue weighted by Gasteiger charge is 2.21. The van der Waals surface area contributed by atoms with Crippen molar-refractivity contribution in [1.29, 1.82) is 0 Å². The minimum absolute atomic E-state index is 0.0564. The number of esters is 1. The number of urea groups is 1. The third-order valence-electron chi connectivity index (χ3n) is 3.31. The number of fused-ring (bicyclic) bond motifs is 1. The molecule has 0 aliphatic heterocycles. The molecule has 0 bridgehead atoms. The fourth-order valence-electron chi connectivity index (χ4n) is 2.17. The minimum Gasteiger partial charge on any atom is -0.508 e. The van der Waals surface area contributed by atoms with Crippen molar-refractivity contribution in [3.63, 3.8) is 0 Å². The van der Waals surface area contributed by atoms with Gasteiger partial charge < -0.3 is 19.6 Å². The lowest BCUT2D eigenvalue weighted by molar-refractivity contribution is -0.153. The van der Waals surface area contributed by atoms with Crippen LogP contribution in [0.2, 0.25) is 0 Å². The van der Waals surface area contributed by atoms with Gasteiger partial charge in [0.15, 0.2) is 6.10 Å². The lowest BCUT2D eigenvalue weighted by Gasteiger charge is -2.14. The first kappa shape index (κ1) is 18.3. The Morgan fingerprint density at radius 2 is 1.96 bits per heavy atom. The predicted molar refractivity (Wildman–Crippen MR) is 88.9 cm³/mol. The van der Waals surface area contributed by atoms with Crippen molar-refractivity contribution >= 4 is 28.9 Å². The molecule has 1 heterocycles. The van der Waals surface area contributed by atoms with E-state index in [0.29, 0.717) is 16.5 Å². The normalized spacial score (nSPS) is 12.0. The number of hydrogen-bond donors (Lipinski definition) is 3. The predicted octanol–water partition coefficient (Wildman–Crippen LogP) is 1.85. The van der Waals surface area contributed by atoms with E-state index in [2.05, 4.69) is 10.6 Å². The van der Waals surface area contributed by atoms with Crippen LogP contribution in [-0.4, -0.2) is 35.2 Å². The number of carbonyl (C=O) groups is 3. The van der Waals surface area contributed by atoms with Crippen molar-refractivity contribution in [3.8, 4) is 5.75 Å². The molecule has 1 atom stereocenters. The van der Waals surface area contributed by atoms with Crippen molar-refractivity contribution < 1.29 is 28.6 Å². The Bertz CT molecular complexity index is 796. The van der Waals surface area contributed by atoms with E-state index in [1.807, 2.05) is 0 Å². The number of phenolic OH excluding ortho intramolecular Hbond substituents is 1. The summed E-state index contributed by atoms with van der Waals surface area (Å²) in [5.74, 6) is -1.29. The summed E-state index contributed by atoms with van der Waals surface area (Å²) in [5, 5.41) is 14.7. The summed E-state index contributed by atoms with van der Waals surface area (Å²) >= 11 is 0. The molecule has 0 spiro atoms. The standard InChI is InChI=1S/C17H20N2O6/c1-9(2)18-17(23)19-16(22)10(3)25-15(21)6-11-8-24-14-7-12(20)4-5-13(11)14/h4-5,7-10,20H,6H2,1-3H3,(H2,18,19,22,23)/t10-/m0/s1. The zero-order valence-electron chi connectivity index (χ0n) is 14.2. The number of hydrogen-bond acceptors (Lipinski definition) is 6. The number of rotatable bonds is 5. The Morgan fingerprint density at radius 3 is 2.64 bits per heavy atom. The van der Waals surface area contributed by atoms with Crippen LogP contribution in [-0.2, 0) is 20.7 Å². The van der Waals surface area contributed by atoms with Crippen molar-refractivity contribution in [2.45, 2.75) is 39.3 Å². The highest BCUT2D eigenvalue weighted by atomic mass is 16.5. The maximum Gasteiger partial charge on any atom is 0.321 e. The maximum absolute atomic E-state index is 12.0. The fourth-order valence-corrected chi connectivity index (χ4v) is 2.17. The van der Waals surface area contributed by atoms with Gasteiger partial charge in [0.25, 0.3) is 5.91 Å². The van der Waals surface area contributed by atoms with E-state index in [-0.39, 0.29) is 18.2 Å². The van der Waals surface area contributed by atoms with Crippen molar-refractivity contribution in [1.82, 2.24) is 10.6 Å².